The third kappa shape index (κ3) is 2.57. The molecule has 0 aliphatic heterocycles. The Labute approximate surface area is 77.1 Å². The van der Waals surface area contributed by atoms with Crippen molar-refractivity contribution >= 4 is 6.08 Å². The Hall–Kier alpha value is -1.32. The summed E-state index contributed by atoms with van der Waals surface area (Å²) in [5.74, 6) is 0.113. The van der Waals surface area contributed by atoms with Gasteiger partial charge in [0.2, 0.25) is 0 Å². The van der Waals surface area contributed by atoms with Gasteiger partial charge >= 0.3 is 0 Å². The Balaban J connectivity index is 2.89. The largest absolute Gasteiger partial charge is 0.508 e. The van der Waals surface area contributed by atoms with Gasteiger partial charge in [-0.15, -0.1) is 0 Å². The van der Waals surface area contributed by atoms with E-state index in [1.54, 1.807) is 18.2 Å². The lowest BCUT2D eigenvalue weighted by Crippen LogP contribution is -1.92. The molecule has 0 bridgehead atoms. The molecule has 4 N–H and O–H groups in total. The number of aliphatic hydroxyl groups is 1. The van der Waals surface area contributed by atoms with Gasteiger partial charge in [0.15, 0.2) is 0 Å². The van der Waals surface area contributed by atoms with E-state index in [0.29, 0.717) is 12.1 Å². The molecule has 0 atom stereocenters. The fraction of sp³-hybridized carbons (Fsp3) is 0.200. The van der Waals surface area contributed by atoms with Crippen LogP contribution in [-0.2, 0) is 6.61 Å². The number of hydrogen-bond donors (Lipinski definition) is 3. The number of aliphatic hydroxyl groups excluding tert-OH is 1. The van der Waals surface area contributed by atoms with E-state index < -0.39 is 0 Å². The minimum absolute atomic E-state index is 0.113. The van der Waals surface area contributed by atoms with Gasteiger partial charge in [0.05, 0.1) is 6.61 Å². The topological polar surface area (TPSA) is 66.5 Å². The van der Waals surface area contributed by atoms with Crippen LogP contribution in [0.5, 0.6) is 5.75 Å². The maximum absolute atomic E-state index is 9.37. The van der Waals surface area contributed by atoms with Gasteiger partial charge in [-0.25, -0.2) is 0 Å². The Bertz CT molecular complexity index is 308. The number of hydrogen-bond acceptors (Lipinski definition) is 3. The second-order valence-electron chi connectivity index (χ2n) is 2.68. The summed E-state index contributed by atoms with van der Waals surface area (Å²) in [5, 5.41) is 18.2. The lowest BCUT2D eigenvalue weighted by molar-refractivity contribution is 0.275. The molecule has 0 aliphatic carbocycles. The Morgan fingerprint density at radius 1 is 1.38 bits per heavy atom. The summed E-state index contributed by atoms with van der Waals surface area (Å²) in [4.78, 5) is 0. The van der Waals surface area contributed by atoms with Crippen LogP contribution in [-0.4, -0.2) is 16.8 Å². The first kappa shape index (κ1) is 9.77. The van der Waals surface area contributed by atoms with E-state index in [2.05, 4.69) is 0 Å². The predicted molar refractivity (Wildman–Crippen MR) is 52.1 cm³/mol. The monoisotopic (exact) mass is 179 g/mol. The van der Waals surface area contributed by atoms with Gasteiger partial charge in [0.1, 0.15) is 5.75 Å². The molecule has 0 fully saturated rings. The SMILES string of the molecule is NC/C=C/c1ccc(CO)c(O)c1. The molecule has 0 unspecified atom stereocenters. The molecule has 70 valence electrons. The second-order valence-corrected chi connectivity index (χ2v) is 2.68. The number of aromatic hydroxyl groups is 1. The van der Waals surface area contributed by atoms with Crippen LogP contribution in [0.15, 0.2) is 24.3 Å². The second kappa shape index (κ2) is 4.64. The first-order valence-corrected chi connectivity index (χ1v) is 4.07. The van der Waals surface area contributed by atoms with Crippen LogP contribution >= 0.6 is 0 Å². The number of rotatable bonds is 3. The highest BCUT2D eigenvalue weighted by molar-refractivity contribution is 5.53. The van der Waals surface area contributed by atoms with Crippen LogP contribution < -0.4 is 5.73 Å². The molecule has 0 spiro atoms. The molecule has 3 heteroatoms. The van der Waals surface area contributed by atoms with Crippen molar-refractivity contribution in [3.05, 3.63) is 35.4 Å². The maximum atomic E-state index is 9.37. The number of benzene rings is 1. The molecule has 0 saturated carbocycles. The predicted octanol–water partition coefficient (Wildman–Crippen LogP) is 0.856. The fourth-order valence-corrected chi connectivity index (χ4v) is 1.02. The van der Waals surface area contributed by atoms with Gasteiger partial charge in [-0.2, -0.15) is 0 Å². The molecular weight excluding hydrogens is 166 g/mol. The summed E-state index contributed by atoms with van der Waals surface area (Å²) in [6.45, 7) is 0.329. The lowest BCUT2D eigenvalue weighted by atomic mass is 10.1. The molecule has 1 rings (SSSR count). The molecule has 0 heterocycles. The third-order valence-electron chi connectivity index (χ3n) is 1.73. The summed E-state index contributed by atoms with van der Waals surface area (Å²) in [7, 11) is 0. The van der Waals surface area contributed by atoms with Crippen LogP contribution in [0.3, 0.4) is 0 Å². The van der Waals surface area contributed by atoms with Gasteiger partial charge in [-0.1, -0.05) is 24.3 Å². The lowest BCUT2D eigenvalue weighted by Gasteiger charge is -2.01. The van der Waals surface area contributed by atoms with Crippen molar-refractivity contribution in [1.82, 2.24) is 0 Å². The highest BCUT2D eigenvalue weighted by atomic mass is 16.3. The van der Waals surface area contributed by atoms with Crippen molar-refractivity contribution in [3.63, 3.8) is 0 Å². The van der Waals surface area contributed by atoms with Crippen LogP contribution in [0.25, 0.3) is 6.08 Å². The van der Waals surface area contributed by atoms with Crippen LogP contribution in [0.2, 0.25) is 0 Å². The zero-order valence-corrected chi connectivity index (χ0v) is 7.27. The van der Waals surface area contributed by atoms with E-state index in [0.717, 1.165) is 5.56 Å². The molecule has 0 amide bonds. The molecule has 1 aromatic carbocycles. The van der Waals surface area contributed by atoms with Crippen LogP contribution in [0.4, 0.5) is 0 Å². The van der Waals surface area contributed by atoms with E-state index in [1.165, 1.54) is 0 Å². The Morgan fingerprint density at radius 2 is 2.15 bits per heavy atom. The fourth-order valence-electron chi connectivity index (χ4n) is 1.02. The first-order valence-electron chi connectivity index (χ1n) is 4.07. The number of nitrogens with two attached hydrogens (primary N) is 1. The zero-order chi connectivity index (χ0) is 9.68. The molecule has 0 aromatic heterocycles. The minimum atomic E-state index is -0.146. The normalized spacial score (nSPS) is 10.9. The molecule has 1 aromatic rings. The molecule has 0 radical (unpaired) electrons. The highest BCUT2D eigenvalue weighted by Crippen LogP contribution is 2.19. The van der Waals surface area contributed by atoms with Crippen LogP contribution in [0, 0.1) is 0 Å². The third-order valence-corrected chi connectivity index (χ3v) is 1.73. The highest BCUT2D eigenvalue weighted by Gasteiger charge is 1.98. The van der Waals surface area contributed by atoms with Crippen molar-refractivity contribution < 1.29 is 10.2 Å². The summed E-state index contributed by atoms with van der Waals surface area (Å²) in [6, 6.07) is 5.10. The quantitative estimate of drug-likeness (QED) is 0.644. The Morgan fingerprint density at radius 3 is 2.69 bits per heavy atom. The maximum Gasteiger partial charge on any atom is 0.121 e. The van der Waals surface area contributed by atoms with Crippen molar-refractivity contribution in [3.8, 4) is 5.75 Å². The standard InChI is InChI=1S/C10H13NO2/c11-5-1-2-8-3-4-9(7-12)10(13)6-8/h1-4,6,12-13H,5,7,11H2/b2-1+. The molecule has 0 saturated heterocycles. The summed E-state index contributed by atoms with van der Waals surface area (Å²) in [6.07, 6.45) is 3.62. The molecule has 13 heavy (non-hydrogen) atoms. The first-order chi connectivity index (χ1) is 6.27. The van der Waals surface area contributed by atoms with Gasteiger partial charge in [-0.3, -0.25) is 0 Å². The average molecular weight is 179 g/mol. The molecular formula is C10H13NO2. The zero-order valence-electron chi connectivity index (χ0n) is 7.27. The van der Waals surface area contributed by atoms with E-state index in [9.17, 15) is 5.11 Å². The average Bonchev–Trinajstić information content (AvgIpc) is 2.15. The van der Waals surface area contributed by atoms with Crippen molar-refractivity contribution in [2.75, 3.05) is 6.54 Å². The number of phenols is 1. The Kier molecular flexibility index (Phi) is 3.49. The van der Waals surface area contributed by atoms with E-state index >= 15 is 0 Å². The minimum Gasteiger partial charge on any atom is -0.508 e. The van der Waals surface area contributed by atoms with E-state index in [1.807, 2.05) is 12.1 Å². The van der Waals surface area contributed by atoms with Crippen molar-refractivity contribution in [2.24, 2.45) is 5.73 Å². The smallest absolute Gasteiger partial charge is 0.121 e. The van der Waals surface area contributed by atoms with Crippen LogP contribution in [0.1, 0.15) is 11.1 Å². The summed E-state index contributed by atoms with van der Waals surface area (Å²) >= 11 is 0. The van der Waals surface area contributed by atoms with E-state index in [4.69, 9.17) is 10.8 Å². The van der Waals surface area contributed by atoms with Gasteiger partial charge in [0, 0.05) is 12.1 Å². The molecule has 3 nitrogen and oxygen atoms in total. The van der Waals surface area contributed by atoms with Gasteiger partial charge < -0.3 is 15.9 Å². The summed E-state index contributed by atoms with van der Waals surface area (Å²) in [5.41, 5.74) is 6.69. The van der Waals surface area contributed by atoms with Gasteiger partial charge in [0.25, 0.3) is 0 Å². The summed E-state index contributed by atoms with van der Waals surface area (Å²) < 4.78 is 0. The van der Waals surface area contributed by atoms with Gasteiger partial charge in [-0.05, 0) is 11.6 Å². The van der Waals surface area contributed by atoms with E-state index in [-0.39, 0.29) is 12.4 Å². The molecule has 0 aliphatic rings. The van der Waals surface area contributed by atoms with Crippen molar-refractivity contribution in [1.29, 1.82) is 0 Å². The van der Waals surface area contributed by atoms with Crippen molar-refractivity contribution in [2.45, 2.75) is 6.61 Å².